The quantitative estimate of drug-likeness (QED) is 0.510. The van der Waals surface area contributed by atoms with Crippen LogP contribution in [-0.2, 0) is 4.79 Å². The van der Waals surface area contributed by atoms with Crippen LogP contribution in [-0.4, -0.2) is 50.3 Å². The van der Waals surface area contributed by atoms with Crippen LogP contribution < -0.4 is 24.3 Å². The van der Waals surface area contributed by atoms with Gasteiger partial charge in [0.05, 0.1) is 34.2 Å². The normalized spacial score (nSPS) is 10.4. The Morgan fingerprint density at radius 1 is 0.967 bits per heavy atom. The highest BCUT2D eigenvalue weighted by Crippen LogP contribution is 2.41. The lowest BCUT2D eigenvalue weighted by Gasteiger charge is -2.12. The molecule has 2 aromatic carbocycles. The molecule has 3 aromatic rings. The fourth-order valence-corrected chi connectivity index (χ4v) is 3.27. The molecule has 0 spiro atoms. The molecule has 0 saturated heterocycles. The number of thioether (sulfide) groups is 1. The van der Waals surface area contributed by atoms with Crippen molar-refractivity contribution in [2.24, 2.45) is 0 Å². The van der Waals surface area contributed by atoms with E-state index in [-0.39, 0.29) is 23.6 Å². The van der Waals surface area contributed by atoms with E-state index in [0.29, 0.717) is 22.8 Å². The number of rotatable bonds is 9. The molecule has 10 heteroatoms. The zero-order chi connectivity index (χ0) is 21.5. The molecule has 9 nitrogen and oxygen atoms in total. The molecule has 0 bridgehead atoms. The molecule has 1 N–H and O–H groups in total. The molecule has 30 heavy (non-hydrogen) atoms. The molecule has 0 fully saturated rings. The summed E-state index contributed by atoms with van der Waals surface area (Å²) < 4.78 is 26.6. The van der Waals surface area contributed by atoms with E-state index in [1.54, 1.807) is 19.2 Å². The molecular formula is C20H21N3O6S. The second-order valence-electron chi connectivity index (χ2n) is 5.84. The minimum atomic E-state index is -0.268. The lowest BCUT2D eigenvalue weighted by Crippen LogP contribution is -2.14. The number of benzene rings is 2. The van der Waals surface area contributed by atoms with Gasteiger partial charge in [-0.2, -0.15) is 0 Å². The van der Waals surface area contributed by atoms with E-state index >= 15 is 0 Å². The zero-order valence-electron chi connectivity index (χ0n) is 16.9. The van der Waals surface area contributed by atoms with E-state index in [4.69, 9.17) is 23.4 Å². The Morgan fingerprint density at radius 3 is 2.20 bits per heavy atom. The fraction of sp³-hybridized carbons (Fsp3) is 0.250. The van der Waals surface area contributed by atoms with Gasteiger partial charge < -0.3 is 23.4 Å². The summed E-state index contributed by atoms with van der Waals surface area (Å²) in [4.78, 5) is 13.1. The summed E-state index contributed by atoms with van der Waals surface area (Å²) in [6.07, 6.45) is 0. The molecule has 0 radical (unpaired) electrons. The predicted octanol–water partition coefficient (Wildman–Crippen LogP) is 3.50. The summed E-state index contributed by atoms with van der Waals surface area (Å²) in [5, 5.41) is 10.4. The molecule has 158 valence electrons. The van der Waals surface area contributed by atoms with Gasteiger partial charge >= 0.3 is 6.01 Å². The Bertz CT molecular complexity index is 981. The highest BCUT2D eigenvalue weighted by Gasteiger charge is 2.18. The van der Waals surface area contributed by atoms with E-state index in [1.807, 2.05) is 24.3 Å². The van der Waals surface area contributed by atoms with Crippen molar-refractivity contribution in [3.8, 4) is 34.5 Å². The van der Waals surface area contributed by atoms with Crippen molar-refractivity contribution in [1.82, 2.24) is 10.2 Å². The average Bonchev–Trinajstić information content (AvgIpc) is 3.25. The summed E-state index contributed by atoms with van der Waals surface area (Å²) in [5.41, 5.74) is 0.560. The largest absolute Gasteiger partial charge is 0.497 e. The first-order chi connectivity index (χ1) is 14.6. The number of aromatic nitrogens is 2. The summed E-state index contributed by atoms with van der Waals surface area (Å²) >= 11 is 1.38. The Hall–Kier alpha value is -3.40. The number of carbonyl (C=O) groups excluding carboxylic acids is 1. The third kappa shape index (κ3) is 4.95. The van der Waals surface area contributed by atoms with E-state index in [0.717, 1.165) is 10.6 Å². The number of hydrogen-bond donors (Lipinski definition) is 1. The monoisotopic (exact) mass is 431 g/mol. The van der Waals surface area contributed by atoms with Crippen LogP contribution in [0.5, 0.6) is 23.0 Å². The summed E-state index contributed by atoms with van der Waals surface area (Å²) in [6.45, 7) is 0. The number of methoxy groups -OCH3 is 4. The second-order valence-corrected chi connectivity index (χ2v) is 6.89. The molecule has 3 rings (SSSR count). The van der Waals surface area contributed by atoms with Crippen LogP contribution in [0.2, 0.25) is 0 Å². The minimum Gasteiger partial charge on any atom is -0.497 e. The summed E-state index contributed by atoms with van der Waals surface area (Å²) in [6, 6.07) is 10.8. The van der Waals surface area contributed by atoms with Gasteiger partial charge in [0, 0.05) is 10.5 Å². The van der Waals surface area contributed by atoms with E-state index < -0.39 is 0 Å². The molecule has 0 saturated carbocycles. The van der Waals surface area contributed by atoms with Crippen molar-refractivity contribution in [1.29, 1.82) is 0 Å². The lowest BCUT2D eigenvalue weighted by molar-refractivity contribution is -0.113. The van der Waals surface area contributed by atoms with Crippen LogP contribution in [0.1, 0.15) is 0 Å². The van der Waals surface area contributed by atoms with Gasteiger partial charge in [-0.1, -0.05) is 5.10 Å². The van der Waals surface area contributed by atoms with Crippen molar-refractivity contribution in [3.05, 3.63) is 36.4 Å². The standard InChI is InChI=1S/C20H21N3O6S/c1-25-13-5-7-14(8-6-13)30-11-17(24)21-20-23-22-19(29-20)12-9-15(26-2)18(28-4)16(10-12)27-3/h5-10H,11H2,1-4H3,(H,21,23,24). The second kappa shape index (κ2) is 9.88. The first kappa shape index (κ1) is 21.3. The number of carbonyl (C=O) groups is 1. The maximum Gasteiger partial charge on any atom is 0.322 e. The van der Waals surface area contributed by atoms with Gasteiger partial charge in [-0.25, -0.2) is 0 Å². The Balaban J connectivity index is 1.66. The van der Waals surface area contributed by atoms with Crippen molar-refractivity contribution >= 4 is 23.7 Å². The predicted molar refractivity (Wildman–Crippen MR) is 112 cm³/mol. The van der Waals surface area contributed by atoms with Crippen LogP contribution in [0, 0.1) is 0 Å². The minimum absolute atomic E-state index is 0.000849. The first-order valence-electron chi connectivity index (χ1n) is 8.78. The van der Waals surface area contributed by atoms with Crippen molar-refractivity contribution in [3.63, 3.8) is 0 Å². The van der Waals surface area contributed by atoms with Gasteiger partial charge in [-0.15, -0.1) is 16.9 Å². The van der Waals surface area contributed by atoms with Gasteiger partial charge in [0.25, 0.3) is 0 Å². The van der Waals surface area contributed by atoms with E-state index in [1.165, 1.54) is 33.1 Å². The molecular weight excluding hydrogens is 410 g/mol. The van der Waals surface area contributed by atoms with Crippen LogP contribution in [0.4, 0.5) is 6.01 Å². The Kier molecular flexibility index (Phi) is 7.02. The van der Waals surface area contributed by atoms with Gasteiger partial charge in [0.15, 0.2) is 11.5 Å². The zero-order valence-corrected chi connectivity index (χ0v) is 17.7. The Morgan fingerprint density at radius 2 is 1.63 bits per heavy atom. The third-order valence-corrected chi connectivity index (χ3v) is 5.02. The lowest BCUT2D eigenvalue weighted by atomic mass is 10.2. The molecule has 1 amide bonds. The molecule has 1 aromatic heterocycles. The number of hydrogen-bond acceptors (Lipinski definition) is 9. The molecule has 0 aliphatic carbocycles. The number of anilines is 1. The van der Waals surface area contributed by atoms with Crippen molar-refractivity contribution in [2.75, 3.05) is 39.5 Å². The topological polar surface area (TPSA) is 105 Å². The average molecular weight is 431 g/mol. The highest BCUT2D eigenvalue weighted by atomic mass is 32.2. The number of ether oxygens (including phenoxy) is 4. The summed E-state index contributed by atoms with van der Waals surface area (Å²) in [7, 11) is 6.15. The van der Waals surface area contributed by atoms with Crippen LogP contribution in [0.3, 0.4) is 0 Å². The molecule has 0 aliphatic rings. The number of amides is 1. The SMILES string of the molecule is COc1ccc(SCC(=O)Nc2nnc(-c3cc(OC)c(OC)c(OC)c3)o2)cc1. The molecule has 1 heterocycles. The number of nitrogens with zero attached hydrogens (tertiary/aromatic N) is 2. The van der Waals surface area contributed by atoms with Crippen LogP contribution in [0.25, 0.3) is 11.5 Å². The van der Waals surface area contributed by atoms with Crippen molar-refractivity contribution in [2.45, 2.75) is 4.90 Å². The van der Waals surface area contributed by atoms with Crippen LogP contribution >= 0.6 is 11.8 Å². The van der Waals surface area contributed by atoms with E-state index in [9.17, 15) is 4.79 Å². The van der Waals surface area contributed by atoms with Crippen molar-refractivity contribution < 1.29 is 28.2 Å². The molecule has 0 atom stereocenters. The highest BCUT2D eigenvalue weighted by molar-refractivity contribution is 8.00. The van der Waals surface area contributed by atoms with Gasteiger partial charge in [-0.3, -0.25) is 10.1 Å². The maximum atomic E-state index is 12.2. The van der Waals surface area contributed by atoms with Crippen LogP contribution in [0.15, 0.2) is 45.7 Å². The fourth-order valence-electron chi connectivity index (χ4n) is 2.57. The van der Waals surface area contributed by atoms with E-state index in [2.05, 4.69) is 15.5 Å². The molecule has 0 aliphatic heterocycles. The first-order valence-corrected chi connectivity index (χ1v) is 9.77. The van der Waals surface area contributed by atoms with Gasteiger partial charge in [-0.05, 0) is 36.4 Å². The Labute approximate surface area is 177 Å². The third-order valence-electron chi connectivity index (χ3n) is 4.01. The van der Waals surface area contributed by atoms with Gasteiger partial charge in [0.2, 0.25) is 17.5 Å². The van der Waals surface area contributed by atoms with Gasteiger partial charge in [0.1, 0.15) is 5.75 Å². The smallest absolute Gasteiger partial charge is 0.322 e. The summed E-state index contributed by atoms with van der Waals surface area (Å²) in [5.74, 6) is 2.23. The maximum absolute atomic E-state index is 12.2. The number of nitrogens with one attached hydrogen (secondary N) is 1. The molecule has 0 unspecified atom stereocenters.